The molecule has 0 aliphatic carbocycles. The molecule has 1 saturated heterocycles. The molecule has 18 heavy (non-hydrogen) atoms. The quantitative estimate of drug-likeness (QED) is 0.534. The molecule has 0 radical (unpaired) electrons. The highest BCUT2D eigenvalue weighted by atomic mass is 35.5. The molecule has 1 aliphatic rings. The van der Waals surface area contributed by atoms with E-state index < -0.39 is 10.0 Å². The lowest BCUT2D eigenvalue weighted by atomic mass is 10.1. The van der Waals surface area contributed by atoms with Crippen molar-refractivity contribution in [3.63, 3.8) is 0 Å². The van der Waals surface area contributed by atoms with Crippen LogP contribution >= 0.6 is 12.4 Å². The molecule has 3 N–H and O–H groups in total. The first-order chi connectivity index (χ1) is 7.90. The van der Waals surface area contributed by atoms with E-state index in [0.717, 1.165) is 6.26 Å². The highest BCUT2D eigenvalue weighted by molar-refractivity contribution is 7.88. The van der Waals surface area contributed by atoms with Gasteiger partial charge in [0.1, 0.15) is 6.04 Å². The lowest BCUT2D eigenvalue weighted by Crippen LogP contribution is -2.56. The van der Waals surface area contributed by atoms with Crippen LogP contribution in [0, 0.1) is 0 Å². The van der Waals surface area contributed by atoms with Crippen LogP contribution in [0.1, 0.15) is 6.92 Å². The predicted molar refractivity (Wildman–Crippen MR) is 70.3 cm³/mol. The third kappa shape index (κ3) is 6.50. The van der Waals surface area contributed by atoms with E-state index in [-0.39, 0.29) is 43.5 Å². The van der Waals surface area contributed by atoms with E-state index in [1.807, 2.05) is 6.92 Å². The van der Waals surface area contributed by atoms with Crippen molar-refractivity contribution in [2.24, 2.45) is 0 Å². The molecule has 1 aliphatic heterocycles. The van der Waals surface area contributed by atoms with Gasteiger partial charge in [0, 0.05) is 19.6 Å². The second-order valence-corrected chi connectivity index (χ2v) is 5.80. The Morgan fingerprint density at radius 2 is 2.11 bits per heavy atom. The fourth-order valence-electron chi connectivity index (χ4n) is 1.56. The first kappa shape index (κ1) is 17.6. The zero-order valence-electron chi connectivity index (χ0n) is 10.4. The summed E-state index contributed by atoms with van der Waals surface area (Å²) in [6.45, 7) is 3.51. The maximum absolute atomic E-state index is 11.7. The number of hydrogen-bond acceptors (Lipinski definition) is 5. The number of hydrogen-bond donors (Lipinski definition) is 3. The van der Waals surface area contributed by atoms with Crippen LogP contribution in [0.15, 0.2) is 0 Å². The van der Waals surface area contributed by atoms with Crippen LogP contribution in [-0.4, -0.2) is 59.0 Å². The number of halogens is 1. The smallest absolute Gasteiger partial charge is 0.239 e. The Labute approximate surface area is 113 Å². The van der Waals surface area contributed by atoms with Gasteiger partial charge in [-0.1, -0.05) is 0 Å². The number of carbonyl (C=O) groups is 1. The van der Waals surface area contributed by atoms with E-state index in [4.69, 9.17) is 4.74 Å². The number of ether oxygens (including phenoxy) is 1. The molecule has 1 fully saturated rings. The van der Waals surface area contributed by atoms with Crippen LogP contribution in [-0.2, 0) is 19.6 Å². The second-order valence-electron chi connectivity index (χ2n) is 3.97. The summed E-state index contributed by atoms with van der Waals surface area (Å²) in [4.78, 5) is 11.7. The third-order valence-electron chi connectivity index (χ3n) is 2.39. The van der Waals surface area contributed by atoms with E-state index in [0.29, 0.717) is 13.2 Å². The lowest BCUT2D eigenvalue weighted by molar-refractivity contribution is -0.128. The van der Waals surface area contributed by atoms with Crippen LogP contribution < -0.4 is 15.4 Å². The Morgan fingerprint density at radius 3 is 2.67 bits per heavy atom. The molecule has 0 saturated carbocycles. The molecular formula is C9H20ClN3O4S. The van der Waals surface area contributed by atoms with Gasteiger partial charge in [-0.2, -0.15) is 0 Å². The fourth-order valence-corrected chi connectivity index (χ4v) is 2.03. The first-order valence-electron chi connectivity index (χ1n) is 5.47. The highest BCUT2D eigenvalue weighted by Crippen LogP contribution is 2.03. The number of amides is 1. The van der Waals surface area contributed by atoms with E-state index in [1.54, 1.807) is 0 Å². The van der Waals surface area contributed by atoms with E-state index >= 15 is 0 Å². The van der Waals surface area contributed by atoms with E-state index in [1.165, 1.54) is 0 Å². The molecule has 1 amide bonds. The van der Waals surface area contributed by atoms with Crippen LogP contribution in [0.25, 0.3) is 0 Å². The molecule has 0 unspecified atom stereocenters. The van der Waals surface area contributed by atoms with Crippen molar-refractivity contribution in [2.45, 2.75) is 19.1 Å². The minimum Gasteiger partial charge on any atom is -0.375 e. The Kier molecular flexibility index (Phi) is 7.72. The summed E-state index contributed by atoms with van der Waals surface area (Å²) < 4.78 is 29.2. The van der Waals surface area contributed by atoms with Gasteiger partial charge in [-0.25, -0.2) is 13.1 Å². The highest BCUT2D eigenvalue weighted by Gasteiger charge is 2.27. The second kappa shape index (κ2) is 7.90. The summed E-state index contributed by atoms with van der Waals surface area (Å²) in [5.74, 6) is -0.174. The van der Waals surface area contributed by atoms with Gasteiger partial charge >= 0.3 is 0 Å². The standard InChI is InChI=1S/C9H19N3O4S.ClH/c1-7-8(10-5-6-16-7)9(13)11-3-4-12-17(2,14)15;/h7-8,10,12H,3-6H2,1-2H3,(H,11,13);1H/t7-,8+;/m1./s1. The van der Waals surface area contributed by atoms with Crippen molar-refractivity contribution in [1.29, 1.82) is 0 Å². The molecule has 0 bridgehead atoms. The Balaban J connectivity index is 0.00000289. The molecule has 1 heterocycles. The largest absolute Gasteiger partial charge is 0.375 e. The molecule has 108 valence electrons. The fraction of sp³-hybridized carbons (Fsp3) is 0.889. The normalized spacial score (nSPS) is 24.1. The van der Waals surface area contributed by atoms with E-state index in [2.05, 4.69) is 15.4 Å². The minimum absolute atomic E-state index is 0. The van der Waals surface area contributed by atoms with Crippen molar-refractivity contribution >= 4 is 28.3 Å². The Morgan fingerprint density at radius 1 is 1.44 bits per heavy atom. The zero-order valence-corrected chi connectivity index (χ0v) is 12.1. The van der Waals surface area contributed by atoms with Crippen LogP contribution in [0.3, 0.4) is 0 Å². The summed E-state index contributed by atoms with van der Waals surface area (Å²) >= 11 is 0. The van der Waals surface area contributed by atoms with Gasteiger partial charge < -0.3 is 15.4 Å². The zero-order chi connectivity index (χ0) is 12.9. The number of morpholine rings is 1. The van der Waals surface area contributed by atoms with E-state index in [9.17, 15) is 13.2 Å². The average molecular weight is 302 g/mol. The summed E-state index contributed by atoms with van der Waals surface area (Å²) in [7, 11) is -3.20. The molecule has 0 aromatic rings. The predicted octanol–water partition coefficient (Wildman–Crippen LogP) is -1.55. The summed E-state index contributed by atoms with van der Waals surface area (Å²) in [6.07, 6.45) is 0.902. The van der Waals surface area contributed by atoms with Gasteiger partial charge in [0.2, 0.25) is 15.9 Å². The van der Waals surface area contributed by atoms with Gasteiger partial charge in [0.25, 0.3) is 0 Å². The molecule has 0 spiro atoms. The minimum atomic E-state index is -3.20. The molecular weight excluding hydrogens is 282 g/mol. The van der Waals surface area contributed by atoms with Crippen LogP contribution in [0.5, 0.6) is 0 Å². The number of sulfonamides is 1. The third-order valence-corrected chi connectivity index (χ3v) is 3.12. The molecule has 9 heteroatoms. The lowest BCUT2D eigenvalue weighted by Gasteiger charge is -2.29. The van der Waals surface area contributed by atoms with Crippen molar-refractivity contribution in [2.75, 3.05) is 32.5 Å². The number of nitrogens with one attached hydrogen (secondary N) is 3. The Hall–Kier alpha value is -0.410. The number of carbonyl (C=O) groups excluding carboxylic acids is 1. The van der Waals surface area contributed by atoms with Gasteiger partial charge in [-0.05, 0) is 6.92 Å². The summed E-state index contributed by atoms with van der Waals surface area (Å²) in [5, 5.41) is 5.70. The van der Waals surface area contributed by atoms with Gasteiger partial charge in [-0.3, -0.25) is 4.79 Å². The average Bonchev–Trinajstić information content (AvgIpc) is 2.23. The SMILES string of the molecule is C[C@H]1OCCN[C@@H]1C(=O)NCCNS(C)(=O)=O.Cl. The maximum Gasteiger partial charge on any atom is 0.239 e. The van der Waals surface area contributed by atoms with Crippen LogP contribution in [0.4, 0.5) is 0 Å². The van der Waals surface area contributed by atoms with Crippen LogP contribution in [0.2, 0.25) is 0 Å². The van der Waals surface area contributed by atoms with Crippen molar-refractivity contribution < 1.29 is 17.9 Å². The van der Waals surface area contributed by atoms with Crippen molar-refractivity contribution in [3.05, 3.63) is 0 Å². The Bertz CT molecular complexity index is 363. The first-order valence-corrected chi connectivity index (χ1v) is 7.36. The topological polar surface area (TPSA) is 96.5 Å². The van der Waals surface area contributed by atoms with Gasteiger partial charge in [-0.15, -0.1) is 12.4 Å². The molecule has 2 atom stereocenters. The molecule has 0 aromatic carbocycles. The molecule has 0 aromatic heterocycles. The van der Waals surface area contributed by atoms with Gasteiger partial charge in [0.05, 0.1) is 19.0 Å². The number of rotatable bonds is 5. The summed E-state index contributed by atoms with van der Waals surface area (Å²) in [5.41, 5.74) is 0. The maximum atomic E-state index is 11.7. The van der Waals surface area contributed by atoms with Gasteiger partial charge in [0.15, 0.2) is 0 Å². The van der Waals surface area contributed by atoms with Crippen molar-refractivity contribution in [3.8, 4) is 0 Å². The molecule has 7 nitrogen and oxygen atoms in total. The molecule has 1 rings (SSSR count). The summed E-state index contributed by atoms with van der Waals surface area (Å²) in [6, 6.07) is -0.373. The van der Waals surface area contributed by atoms with Crippen molar-refractivity contribution in [1.82, 2.24) is 15.4 Å². The monoisotopic (exact) mass is 301 g/mol.